The zero-order valence-corrected chi connectivity index (χ0v) is 7.33. The summed E-state index contributed by atoms with van der Waals surface area (Å²) in [4.78, 5) is 16.4. The molecule has 0 unspecified atom stereocenters. The number of allylic oxidation sites excluding steroid dienone is 1. The van der Waals surface area contributed by atoms with Crippen LogP contribution in [0.15, 0.2) is 12.3 Å². The van der Waals surface area contributed by atoms with Crippen molar-refractivity contribution in [1.29, 1.82) is 0 Å². The van der Waals surface area contributed by atoms with Crippen molar-refractivity contribution in [2.75, 3.05) is 0 Å². The van der Waals surface area contributed by atoms with E-state index in [9.17, 15) is 4.57 Å². The molecule has 66 valence electrons. The minimum absolute atomic E-state index is 0.788. The van der Waals surface area contributed by atoms with E-state index in [1.54, 1.807) is 6.08 Å². The largest absolute Gasteiger partial charge is 0.524 e. The molecular formula is C6H13O4P. The van der Waals surface area contributed by atoms with Crippen LogP contribution in [-0.2, 0) is 9.09 Å². The highest BCUT2D eigenvalue weighted by Crippen LogP contribution is 2.35. The van der Waals surface area contributed by atoms with Gasteiger partial charge in [0.05, 0.1) is 6.26 Å². The molecule has 0 fully saturated rings. The van der Waals surface area contributed by atoms with Crippen LogP contribution in [-0.4, -0.2) is 9.79 Å². The van der Waals surface area contributed by atoms with Crippen LogP contribution >= 0.6 is 7.82 Å². The van der Waals surface area contributed by atoms with E-state index < -0.39 is 7.82 Å². The van der Waals surface area contributed by atoms with Gasteiger partial charge >= 0.3 is 7.82 Å². The van der Waals surface area contributed by atoms with E-state index >= 15 is 0 Å². The first kappa shape index (κ1) is 10.7. The second kappa shape index (κ2) is 5.35. The van der Waals surface area contributed by atoms with Gasteiger partial charge in [-0.05, 0) is 18.9 Å². The van der Waals surface area contributed by atoms with E-state index in [1.165, 1.54) is 0 Å². The van der Waals surface area contributed by atoms with Crippen LogP contribution in [0.1, 0.15) is 26.2 Å². The molecule has 0 heterocycles. The Labute approximate surface area is 66.1 Å². The van der Waals surface area contributed by atoms with Crippen molar-refractivity contribution in [2.45, 2.75) is 26.2 Å². The van der Waals surface area contributed by atoms with Crippen LogP contribution in [0, 0.1) is 0 Å². The van der Waals surface area contributed by atoms with Crippen molar-refractivity contribution in [3.8, 4) is 0 Å². The molecule has 0 atom stereocenters. The molecule has 0 bridgehead atoms. The quantitative estimate of drug-likeness (QED) is 0.384. The summed E-state index contributed by atoms with van der Waals surface area (Å²) in [6, 6.07) is 0. The maximum Gasteiger partial charge on any atom is 0.524 e. The third-order valence-corrected chi connectivity index (χ3v) is 1.42. The van der Waals surface area contributed by atoms with Crippen LogP contribution in [0.2, 0.25) is 0 Å². The highest BCUT2D eigenvalue weighted by atomic mass is 31.2. The molecule has 0 aromatic carbocycles. The van der Waals surface area contributed by atoms with Crippen molar-refractivity contribution in [3.05, 3.63) is 12.3 Å². The zero-order valence-electron chi connectivity index (χ0n) is 6.43. The Morgan fingerprint density at radius 3 is 2.64 bits per heavy atom. The van der Waals surface area contributed by atoms with Crippen molar-refractivity contribution < 1.29 is 18.9 Å². The standard InChI is InChI=1S/C6H13O4P/c1-2-3-4-5-6-10-11(7,8)9/h5-6H,2-4H2,1H3,(H2,7,8,9)/b6-5+. The molecular weight excluding hydrogens is 167 g/mol. The van der Waals surface area contributed by atoms with E-state index in [2.05, 4.69) is 4.52 Å². The second-order valence-corrected chi connectivity index (χ2v) is 3.30. The van der Waals surface area contributed by atoms with Gasteiger partial charge in [0, 0.05) is 0 Å². The molecule has 0 spiro atoms. The van der Waals surface area contributed by atoms with E-state index in [-0.39, 0.29) is 0 Å². The Balaban J connectivity index is 3.38. The van der Waals surface area contributed by atoms with Crippen LogP contribution in [0.4, 0.5) is 0 Å². The van der Waals surface area contributed by atoms with Gasteiger partial charge in [0.25, 0.3) is 0 Å². The lowest BCUT2D eigenvalue weighted by Gasteiger charge is -1.99. The highest BCUT2D eigenvalue weighted by molar-refractivity contribution is 7.46. The number of hydrogen-bond acceptors (Lipinski definition) is 2. The Kier molecular flexibility index (Phi) is 5.20. The summed E-state index contributed by atoms with van der Waals surface area (Å²) in [7, 11) is -4.30. The van der Waals surface area contributed by atoms with Crippen LogP contribution in [0.5, 0.6) is 0 Å². The van der Waals surface area contributed by atoms with E-state index in [0.29, 0.717) is 0 Å². The lowest BCUT2D eigenvalue weighted by atomic mass is 10.2. The number of phosphoric ester groups is 1. The van der Waals surface area contributed by atoms with Crippen molar-refractivity contribution in [2.24, 2.45) is 0 Å². The number of rotatable bonds is 5. The lowest BCUT2D eigenvalue weighted by Crippen LogP contribution is -1.77. The average molecular weight is 180 g/mol. The van der Waals surface area contributed by atoms with Gasteiger partial charge in [0.1, 0.15) is 0 Å². The molecule has 11 heavy (non-hydrogen) atoms. The molecule has 5 heteroatoms. The number of phosphoric acid groups is 1. The minimum Gasteiger partial charge on any atom is -0.413 e. The Morgan fingerprint density at radius 1 is 1.55 bits per heavy atom. The zero-order chi connectivity index (χ0) is 8.74. The Hall–Kier alpha value is -0.310. The van der Waals surface area contributed by atoms with Gasteiger partial charge in [-0.1, -0.05) is 13.3 Å². The predicted molar refractivity (Wildman–Crippen MR) is 41.8 cm³/mol. The lowest BCUT2D eigenvalue weighted by molar-refractivity contribution is 0.258. The molecule has 0 aliphatic carbocycles. The molecule has 0 saturated carbocycles. The maximum atomic E-state index is 10.1. The molecule has 0 radical (unpaired) electrons. The van der Waals surface area contributed by atoms with E-state index in [1.807, 2.05) is 6.92 Å². The van der Waals surface area contributed by atoms with Crippen molar-refractivity contribution in [3.63, 3.8) is 0 Å². The Bertz CT molecular complexity index is 160. The van der Waals surface area contributed by atoms with Gasteiger partial charge in [-0.25, -0.2) is 4.57 Å². The fourth-order valence-electron chi connectivity index (χ4n) is 0.512. The third kappa shape index (κ3) is 9.69. The second-order valence-electron chi connectivity index (χ2n) is 2.11. The summed E-state index contributed by atoms with van der Waals surface area (Å²) in [5.74, 6) is 0. The maximum absolute atomic E-state index is 10.1. The van der Waals surface area contributed by atoms with Crippen molar-refractivity contribution >= 4 is 7.82 Å². The summed E-state index contributed by atoms with van der Waals surface area (Å²) in [6.07, 6.45) is 5.50. The minimum atomic E-state index is -4.30. The molecule has 0 aliphatic heterocycles. The summed E-state index contributed by atoms with van der Waals surface area (Å²) in [5, 5.41) is 0. The topological polar surface area (TPSA) is 66.8 Å². The third-order valence-electron chi connectivity index (χ3n) is 1.02. The van der Waals surface area contributed by atoms with Gasteiger partial charge in [0.2, 0.25) is 0 Å². The predicted octanol–water partition coefficient (Wildman–Crippen LogP) is 1.80. The molecule has 0 rings (SSSR count). The van der Waals surface area contributed by atoms with Crippen LogP contribution in [0.25, 0.3) is 0 Å². The SMILES string of the molecule is CCCC/C=C/OP(=O)(O)O. The molecule has 0 saturated heterocycles. The average Bonchev–Trinajstić information content (AvgIpc) is 1.85. The van der Waals surface area contributed by atoms with Gasteiger partial charge in [-0.15, -0.1) is 0 Å². The van der Waals surface area contributed by atoms with Gasteiger partial charge in [-0.2, -0.15) is 0 Å². The van der Waals surface area contributed by atoms with Gasteiger partial charge in [0.15, 0.2) is 0 Å². The summed E-state index contributed by atoms with van der Waals surface area (Å²) in [6.45, 7) is 2.04. The van der Waals surface area contributed by atoms with Crippen molar-refractivity contribution in [1.82, 2.24) is 0 Å². The highest BCUT2D eigenvalue weighted by Gasteiger charge is 2.10. The first-order valence-corrected chi connectivity index (χ1v) is 4.98. The fourth-order valence-corrected chi connectivity index (χ4v) is 0.757. The molecule has 0 aromatic rings. The summed E-state index contributed by atoms with van der Waals surface area (Å²) < 4.78 is 14.1. The summed E-state index contributed by atoms with van der Waals surface area (Å²) in [5.41, 5.74) is 0. The first-order valence-electron chi connectivity index (χ1n) is 3.45. The smallest absolute Gasteiger partial charge is 0.413 e. The summed E-state index contributed by atoms with van der Waals surface area (Å²) >= 11 is 0. The first-order chi connectivity index (χ1) is 5.06. The monoisotopic (exact) mass is 180 g/mol. The molecule has 4 nitrogen and oxygen atoms in total. The normalized spacial score (nSPS) is 12.3. The molecule has 2 N–H and O–H groups in total. The Morgan fingerprint density at radius 2 is 2.18 bits per heavy atom. The molecule has 0 amide bonds. The van der Waals surface area contributed by atoms with E-state index in [0.717, 1.165) is 25.5 Å². The number of hydrogen-bond donors (Lipinski definition) is 2. The molecule has 0 aromatic heterocycles. The van der Waals surface area contributed by atoms with Crippen LogP contribution in [0.3, 0.4) is 0 Å². The molecule has 0 aliphatic rings. The van der Waals surface area contributed by atoms with E-state index in [4.69, 9.17) is 9.79 Å². The van der Waals surface area contributed by atoms with Gasteiger partial charge < -0.3 is 4.52 Å². The van der Waals surface area contributed by atoms with Gasteiger partial charge in [-0.3, -0.25) is 9.79 Å². The van der Waals surface area contributed by atoms with Crippen LogP contribution < -0.4 is 0 Å². The fraction of sp³-hybridized carbons (Fsp3) is 0.667. The number of unbranched alkanes of at least 4 members (excludes halogenated alkanes) is 2.